The summed E-state index contributed by atoms with van der Waals surface area (Å²) in [6.07, 6.45) is 1.50. The van der Waals surface area contributed by atoms with Crippen LogP contribution < -0.4 is 11.2 Å². The number of nitrogen functional groups attached to an aromatic ring is 1. The fourth-order valence-electron chi connectivity index (χ4n) is 1.96. The number of thiazole rings is 1. The van der Waals surface area contributed by atoms with E-state index in [0.717, 1.165) is 4.90 Å². The number of nitrogens with one attached hydrogen (secondary N) is 1. The molecule has 0 atom stereocenters. The first-order valence-electron chi connectivity index (χ1n) is 7.13. The van der Waals surface area contributed by atoms with Gasteiger partial charge in [-0.2, -0.15) is 5.10 Å². The first-order chi connectivity index (χ1) is 12.1. The van der Waals surface area contributed by atoms with Crippen molar-refractivity contribution in [2.75, 3.05) is 11.2 Å². The van der Waals surface area contributed by atoms with Crippen molar-refractivity contribution in [2.24, 2.45) is 5.10 Å². The van der Waals surface area contributed by atoms with Gasteiger partial charge in [0.2, 0.25) is 5.13 Å². The third kappa shape index (κ3) is 4.55. The van der Waals surface area contributed by atoms with Crippen LogP contribution in [0.3, 0.4) is 0 Å². The summed E-state index contributed by atoms with van der Waals surface area (Å²) in [4.78, 5) is 16.5. The van der Waals surface area contributed by atoms with Gasteiger partial charge in [-0.3, -0.25) is 15.5 Å². The number of hydrazone groups is 1. The van der Waals surface area contributed by atoms with Gasteiger partial charge in [0.15, 0.2) is 0 Å². The third-order valence-electron chi connectivity index (χ3n) is 3.05. The fourth-order valence-corrected chi connectivity index (χ4v) is 3.43. The van der Waals surface area contributed by atoms with Gasteiger partial charge in [-0.25, -0.2) is 4.98 Å². The molecule has 2 aromatic carbocycles. The van der Waals surface area contributed by atoms with Crippen molar-refractivity contribution in [3.63, 3.8) is 0 Å². The molecule has 1 heterocycles. The van der Waals surface area contributed by atoms with Gasteiger partial charge in [0.05, 0.1) is 16.0 Å². The molecule has 0 spiro atoms. The summed E-state index contributed by atoms with van der Waals surface area (Å²) < 4.78 is 0. The van der Waals surface area contributed by atoms with Gasteiger partial charge in [-0.05, 0) is 18.2 Å². The summed E-state index contributed by atoms with van der Waals surface area (Å²) >= 11 is 2.67. The minimum Gasteiger partial charge on any atom is -0.383 e. The summed E-state index contributed by atoms with van der Waals surface area (Å²) in [5, 5.41) is 17.6. The van der Waals surface area contributed by atoms with Crippen LogP contribution in [0.5, 0.6) is 0 Å². The van der Waals surface area contributed by atoms with Gasteiger partial charge >= 0.3 is 0 Å². The van der Waals surface area contributed by atoms with E-state index >= 15 is 0 Å². The van der Waals surface area contributed by atoms with Crippen LogP contribution in [-0.4, -0.2) is 16.1 Å². The van der Waals surface area contributed by atoms with Crippen LogP contribution in [0.4, 0.5) is 16.6 Å². The molecule has 1 aromatic heterocycles. The van der Waals surface area contributed by atoms with E-state index in [1.807, 2.05) is 30.3 Å². The average molecular weight is 371 g/mol. The van der Waals surface area contributed by atoms with Crippen LogP contribution >= 0.6 is 23.1 Å². The standard InChI is InChI=1S/C16H13N5O2S2/c17-15-10-24-16(19-15)20-18-9-11-6-7-14(13(8-11)21(22)23)25-12-4-2-1-3-5-12/h1-10H,17H2,(H,19,20). The van der Waals surface area contributed by atoms with Gasteiger partial charge in [0, 0.05) is 21.9 Å². The van der Waals surface area contributed by atoms with Crippen LogP contribution in [0.25, 0.3) is 0 Å². The highest BCUT2D eigenvalue weighted by molar-refractivity contribution is 7.99. The molecule has 126 valence electrons. The van der Waals surface area contributed by atoms with Gasteiger partial charge in [0.25, 0.3) is 5.69 Å². The lowest BCUT2D eigenvalue weighted by molar-refractivity contribution is -0.387. The topological polar surface area (TPSA) is 106 Å². The highest BCUT2D eigenvalue weighted by Crippen LogP contribution is 2.35. The fraction of sp³-hybridized carbons (Fsp3) is 0. The van der Waals surface area contributed by atoms with E-state index in [0.29, 0.717) is 21.4 Å². The second kappa shape index (κ2) is 7.77. The molecule has 0 saturated carbocycles. The molecule has 25 heavy (non-hydrogen) atoms. The van der Waals surface area contributed by atoms with E-state index in [2.05, 4.69) is 15.5 Å². The third-order valence-corrected chi connectivity index (χ3v) is 4.88. The van der Waals surface area contributed by atoms with Gasteiger partial charge in [-0.1, -0.05) is 36.0 Å². The Morgan fingerprint density at radius 3 is 2.76 bits per heavy atom. The predicted octanol–water partition coefficient (Wildman–Crippen LogP) is 4.23. The summed E-state index contributed by atoms with van der Waals surface area (Å²) in [6, 6.07) is 14.5. The Bertz CT molecular complexity index is 912. The smallest absolute Gasteiger partial charge is 0.283 e. The second-order valence-electron chi connectivity index (χ2n) is 4.85. The number of nitro benzene ring substituents is 1. The SMILES string of the molecule is Nc1csc(NN=Cc2ccc(Sc3ccccc3)c([N+](=O)[O-])c2)n1. The van der Waals surface area contributed by atoms with E-state index in [9.17, 15) is 10.1 Å². The molecule has 0 bridgehead atoms. The maximum atomic E-state index is 11.4. The van der Waals surface area contributed by atoms with E-state index in [-0.39, 0.29) is 5.69 Å². The predicted molar refractivity (Wildman–Crippen MR) is 101 cm³/mol. The van der Waals surface area contributed by atoms with Crippen molar-refractivity contribution in [3.05, 3.63) is 69.6 Å². The Kier molecular flexibility index (Phi) is 5.26. The van der Waals surface area contributed by atoms with E-state index in [1.165, 1.54) is 35.4 Å². The van der Waals surface area contributed by atoms with Gasteiger partial charge < -0.3 is 5.73 Å². The lowest BCUT2D eigenvalue weighted by Gasteiger charge is -2.04. The summed E-state index contributed by atoms with van der Waals surface area (Å²) in [5.74, 6) is 0.417. The quantitative estimate of drug-likeness (QED) is 0.381. The number of nitrogens with zero attached hydrogens (tertiary/aromatic N) is 3. The van der Waals surface area contributed by atoms with Crippen molar-refractivity contribution >= 4 is 46.0 Å². The molecule has 9 heteroatoms. The minimum atomic E-state index is -0.391. The minimum absolute atomic E-state index is 0.0382. The molecule has 0 saturated heterocycles. The maximum Gasteiger partial charge on any atom is 0.283 e. The highest BCUT2D eigenvalue weighted by atomic mass is 32.2. The van der Waals surface area contributed by atoms with E-state index in [4.69, 9.17) is 5.73 Å². The molecule has 3 N–H and O–H groups in total. The molecule has 0 aliphatic rings. The zero-order valence-electron chi connectivity index (χ0n) is 12.8. The number of anilines is 2. The summed E-state index contributed by atoms with van der Waals surface area (Å²) in [6.45, 7) is 0. The Labute approximate surface area is 151 Å². The Hall–Kier alpha value is -2.91. The molecule has 0 fully saturated rings. The number of aromatic nitrogens is 1. The molecule has 0 unspecified atom stereocenters. The van der Waals surface area contributed by atoms with Crippen molar-refractivity contribution in [1.29, 1.82) is 0 Å². The van der Waals surface area contributed by atoms with E-state index in [1.54, 1.807) is 17.5 Å². The second-order valence-corrected chi connectivity index (χ2v) is 6.82. The van der Waals surface area contributed by atoms with Crippen LogP contribution in [0, 0.1) is 10.1 Å². The monoisotopic (exact) mass is 371 g/mol. The van der Waals surface area contributed by atoms with Crippen molar-refractivity contribution < 1.29 is 4.92 Å². The van der Waals surface area contributed by atoms with E-state index < -0.39 is 4.92 Å². The number of hydrogen-bond donors (Lipinski definition) is 2. The zero-order valence-corrected chi connectivity index (χ0v) is 14.5. The molecule has 0 amide bonds. The van der Waals surface area contributed by atoms with Crippen LogP contribution in [0.15, 0.2) is 68.8 Å². The molecule has 7 nitrogen and oxygen atoms in total. The highest BCUT2D eigenvalue weighted by Gasteiger charge is 2.15. The lowest BCUT2D eigenvalue weighted by Crippen LogP contribution is -1.95. The van der Waals surface area contributed by atoms with Crippen LogP contribution in [-0.2, 0) is 0 Å². The molecule has 0 radical (unpaired) electrons. The lowest BCUT2D eigenvalue weighted by atomic mass is 10.2. The zero-order chi connectivity index (χ0) is 17.6. The van der Waals surface area contributed by atoms with Crippen molar-refractivity contribution in [3.8, 4) is 0 Å². The Morgan fingerprint density at radius 1 is 1.28 bits per heavy atom. The molecule has 3 aromatic rings. The van der Waals surface area contributed by atoms with Crippen LogP contribution in [0.1, 0.15) is 5.56 Å². The van der Waals surface area contributed by atoms with Gasteiger partial charge in [-0.15, -0.1) is 11.3 Å². The number of benzene rings is 2. The molecule has 3 rings (SSSR count). The first kappa shape index (κ1) is 16.9. The summed E-state index contributed by atoms with van der Waals surface area (Å²) in [7, 11) is 0. The van der Waals surface area contributed by atoms with Crippen LogP contribution in [0.2, 0.25) is 0 Å². The molecule has 0 aliphatic carbocycles. The molecular formula is C16H13N5O2S2. The van der Waals surface area contributed by atoms with Crippen molar-refractivity contribution in [2.45, 2.75) is 9.79 Å². The molecule has 0 aliphatic heterocycles. The number of hydrogen-bond acceptors (Lipinski definition) is 8. The van der Waals surface area contributed by atoms with Crippen molar-refractivity contribution in [1.82, 2.24) is 4.98 Å². The first-order valence-corrected chi connectivity index (χ1v) is 8.83. The van der Waals surface area contributed by atoms with Gasteiger partial charge in [0.1, 0.15) is 5.82 Å². The normalized spacial score (nSPS) is 10.9. The largest absolute Gasteiger partial charge is 0.383 e. The average Bonchev–Trinajstić information content (AvgIpc) is 3.02. The Morgan fingerprint density at radius 2 is 2.08 bits per heavy atom. The number of nitrogens with two attached hydrogens (primary N) is 1. The Balaban J connectivity index is 1.77. The number of nitro groups is 1. The molecular weight excluding hydrogens is 358 g/mol. The summed E-state index contributed by atoms with van der Waals surface area (Å²) in [5.41, 5.74) is 8.91. The number of rotatable bonds is 6. The maximum absolute atomic E-state index is 11.4.